The highest BCUT2D eigenvalue weighted by atomic mass is 19.4. The minimum atomic E-state index is -4.50. The lowest BCUT2D eigenvalue weighted by Crippen LogP contribution is -2.55. The molecular formula is C22H24F3N3O3. The van der Waals surface area contributed by atoms with Crippen molar-refractivity contribution in [2.45, 2.75) is 38.2 Å². The second kappa shape index (κ2) is 9.82. The van der Waals surface area contributed by atoms with Crippen molar-refractivity contribution in [3.8, 4) is 0 Å². The Hall–Kier alpha value is -3.07. The molecule has 0 aliphatic carbocycles. The lowest BCUT2D eigenvalue weighted by atomic mass is 10.0. The maximum atomic E-state index is 12.9. The number of carbonyl (C=O) groups excluding carboxylic acids is 2. The maximum Gasteiger partial charge on any atom is 0.416 e. The van der Waals surface area contributed by atoms with Crippen LogP contribution in [0.25, 0.3) is 0 Å². The van der Waals surface area contributed by atoms with Crippen molar-refractivity contribution in [3.63, 3.8) is 0 Å². The number of nitrogens with zero attached hydrogens (tertiary/aromatic N) is 1. The highest BCUT2D eigenvalue weighted by molar-refractivity contribution is 5.89. The normalized spacial score (nSPS) is 19.5. The van der Waals surface area contributed by atoms with Gasteiger partial charge in [-0.2, -0.15) is 13.2 Å². The second-order valence-electron chi connectivity index (χ2n) is 7.44. The SMILES string of the molecule is CC(=O)O[C@H]1CN(Cc2ccccc2)CC[C@@H]1NC(=O)Nc1cccc(C(F)(F)F)c1. The number of rotatable bonds is 5. The molecule has 0 bridgehead atoms. The summed E-state index contributed by atoms with van der Waals surface area (Å²) >= 11 is 0. The number of carbonyl (C=O) groups is 2. The van der Waals surface area contributed by atoms with E-state index in [0.29, 0.717) is 26.1 Å². The van der Waals surface area contributed by atoms with E-state index in [-0.39, 0.29) is 5.69 Å². The molecule has 2 aromatic rings. The van der Waals surface area contributed by atoms with Crippen LogP contribution in [-0.2, 0) is 22.3 Å². The Bertz CT molecular complexity index is 906. The van der Waals surface area contributed by atoms with Gasteiger partial charge in [0.15, 0.2) is 0 Å². The van der Waals surface area contributed by atoms with Crippen LogP contribution in [0.1, 0.15) is 24.5 Å². The zero-order valence-electron chi connectivity index (χ0n) is 17.0. The van der Waals surface area contributed by atoms with Crippen molar-refractivity contribution in [2.75, 3.05) is 18.4 Å². The van der Waals surface area contributed by atoms with Crippen molar-refractivity contribution in [1.29, 1.82) is 0 Å². The van der Waals surface area contributed by atoms with Gasteiger partial charge in [0.25, 0.3) is 0 Å². The van der Waals surface area contributed by atoms with Gasteiger partial charge >= 0.3 is 18.2 Å². The van der Waals surface area contributed by atoms with Crippen LogP contribution < -0.4 is 10.6 Å². The van der Waals surface area contributed by atoms with Crippen LogP contribution in [0, 0.1) is 0 Å². The lowest BCUT2D eigenvalue weighted by Gasteiger charge is -2.38. The molecule has 9 heteroatoms. The van der Waals surface area contributed by atoms with E-state index in [1.807, 2.05) is 30.3 Å². The van der Waals surface area contributed by atoms with E-state index in [4.69, 9.17) is 4.74 Å². The van der Waals surface area contributed by atoms with Crippen molar-refractivity contribution in [3.05, 3.63) is 65.7 Å². The average molecular weight is 435 g/mol. The van der Waals surface area contributed by atoms with Gasteiger partial charge in [0, 0.05) is 32.2 Å². The van der Waals surface area contributed by atoms with Gasteiger partial charge in [-0.25, -0.2) is 4.79 Å². The molecule has 31 heavy (non-hydrogen) atoms. The number of urea groups is 1. The summed E-state index contributed by atoms with van der Waals surface area (Å²) in [4.78, 5) is 26.1. The van der Waals surface area contributed by atoms with E-state index in [9.17, 15) is 22.8 Å². The number of hydrogen-bond acceptors (Lipinski definition) is 4. The van der Waals surface area contributed by atoms with Gasteiger partial charge in [-0.3, -0.25) is 9.69 Å². The number of nitrogens with one attached hydrogen (secondary N) is 2. The summed E-state index contributed by atoms with van der Waals surface area (Å²) in [5.41, 5.74) is 0.299. The van der Waals surface area contributed by atoms with Crippen LogP contribution in [0.15, 0.2) is 54.6 Å². The van der Waals surface area contributed by atoms with E-state index in [0.717, 1.165) is 17.7 Å². The number of likely N-dealkylation sites (tertiary alicyclic amines) is 1. The molecule has 1 aliphatic rings. The first-order valence-corrected chi connectivity index (χ1v) is 9.89. The summed E-state index contributed by atoms with van der Waals surface area (Å²) in [5.74, 6) is -0.461. The summed E-state index contributed by atoms with van der Waals surface area (Å²) in [6.07, 6.45) is -4.54. The smallest absolute Gasteiger partial charge is 0.416 e. The van der Waals surface area contributed by atoms with E-state index in [2.05, 4.69) is 15.5 Å². The molecule has 1 saturated heterocycles. The Morgan fingerprint density at radius 1 is 1.13 bits per heavy atom. The zero-order chi connectivity index (χ0) is 22.4. The molecule has 2 aromatic carbocycles. The fourth-order valence-corrected chi connectivity index (χ4v) is 3.57. The molecule has 0 radical (unpaired) electrons. The Balaban J connectivity index is 1.61. The van der Waals surface area contributed by atoms with Crippen molar-refractivity contribution in [1.82, 2.24) is 10.2 Å². The second-order valence-corrected chi connectivity index (χ2v) is 7.44. The number of piperidine rings is 1. The Morgan fingerprint density at radius 3 is 2.55 bits per heavy atom. The minimum Gasteiger partial charge on any atom is -0.459 e. The first-order chi connectivity index (χ1) is 14.7. The number of esters is 1. The third-order valence-corrected chi connectivity index (χ3v) is 4.97. The van der Waals surface area contributed by atoms with Gasteiger partial charge in [0.2, 0.25) is 0 Å². The Morgan fingerprint density at radius 2 is 1.87 bits per heavy atom. The number of ether oxygens (including phenoxy) is 1. The van der Waals surface area contributed by atoms with E-state index < -0.39 is 35.9 Å². The highest BCUT2D eigenvalue weighted by Crippen LogP contribution is 2.30. The van der Waals surface area contributed by atoms with Crippen LogP contribution in [0.4, 0.5) is 23.7 Å². The number of benzene rings is 2. The molecule has 3 rings (SSSR count). The van der Waals surface area contributed by atoms with Crippen LogP contribution in [0.3, 0.4) is 0 Å². The molecule has 0 aromatic heterocycles. The summed E-state index contributed by atoms with van der Waals surface area (Å²) in [7, 11) is 0. The molecule has 2 atom stereocenters. The first kappa shape index (κ1) is 22.6. The zero-order valence-corrected chi connectivity index (χ0v) is 17.0. The van der Waals surface area contributed by atoms with Gasteiger partial charge in [-0.1, -0.05) is 36.4 Å². The largest absolute Gasteiger partial charge is 0.459 e. The summed E-state index contributed by atoms with van der Waals surface area (Å²) in [6, 6.07) is 13.1. The van der Waals surface area contributed by atoms with Crippen molar-refractivity contribution >= 4 is 17.7 Å². The molecule has 0 unspecified atom stereocenters. The van der Waals surface area contributed by atoms with Crippen LogP contribution in [-0.4, -0.2) is 42.1 Å². The molecule has 166 valence electrons. The Labute approximate surface area is 178 Å². The first-order valence-electron chi connectivity index (χ1n) is 9.89. The van der Waals surface area contributed by atoms with Crippen molar-refractivity contribution in [2.24, 2.45) is 0 Å². The fraction of sp³-hybridized carbons (Fsp3) is 0.364. The van der Waals surface area contributed by atoms with Gasteiger partial charge in [0.1, 0.15) is 6.10 Å². The number of alkyl halides is 3. The van der Waals surface area contributed by atoms with Gasteiger partial charge in [0.05, 0.1) is 11.6 Å². The number of amides is 2. The molecule has 1 fully saturated rings. The molecule has 0 saturated carbocycles. The van der Waals surface area contributed by atoms with Crippen LogP contribution >= 0.6 is 0 Å². The van der Waals surface area contributed by atoms with Gasteiger partial charge < -0.3 is 15.4 Å². The molecule has 2 amide bonds. The molecule has 6 nitrogen and oxygen atoms in total. The molecule has 0 spiro atoms. The fourth-order valence-electron chi connectivity index (χ4n) is 3.57. The third kappa shape index (κ3) is 6.71. The topological polar surface area (TPSA) is 70.7 Å². The maximum absolute atomic E-state index is 12.9. The molecular weight excluding hydrogens is 411 g/mol. The predicted octanol–water partition coefficient (Wildman–Crippen LogP) is 4.03. The van der Waals surface area contributed by atoms with Gasteiger partial charge in [-0.05, 0) is 30.2 Å². The Kier molecular flexibility index (Phi) is 7.17. The summed E-state index contributed by atoms with van der Waals surface area (Å²) in [5, 5.41) is 5.15. The number of hydrogen-bond donors (Lipinski definition) is 2. The van der Waals surface area contributed by atoms with E-state index in [1.165, 1.54) is 19.1 Å². The monoisotopic (exact) mass is 435 g/mol. The van der Waals surface area contributed by atoms with E-state index >= 15 is 0 Å². The average Bonchev–Trinajstić information content (AvgIpc) is 2.70. The number of halogens is 3. The number of anilines is 1. The quantitative estimate of drug-likeness (QED) is 0.696. The van der Waals surface area contributed by atoms with Gasteiger partial charge in [-0.15, -0.1) is 0 Å². The van der Waals surface area contributed by atoms with E-state index in [1.54, 1.807) is 0 Å². The summed E-state index contributed by atoms with van der Waals surface area (Å²) < 4.78 is 44.0. The predicted molar refractivity (Wildman–Crippen MR) is 109 cm³/mol. The molecule has 1 aliphatic heterocycles. The van der Waals surface area contributed by atoms with Crippen molar-refractivity contribution < 1.29 is 27.5 Å². The summed E-state index contributed by atoms with van der Waals surface area (Å²) in [6.45, 7) is 3.09. The molecule has 2 N–H and O–H groups in total. The third-order valence-electron chi connectivity index (χ3n) is 4.97. The van der Waals surface area contributed by atoms with Crippen LogP contribution in [0.5, 0.6) is 0 Å². The highest BCUT2D eigenvalue weighted by Gasteiger charge is 2.33. The minimum absolute atomic E-state index is 0.0258. The van der Waals surface area contributed by atoms with Crippen LogP contribution in [0.2, 0.25) is 0 Å². The molecule has 1 heterocycles. The lowest BCUT2D eigenvalue weighted by molar-refractivity contribution is -0.150. The standard InChI is InChI=1S/C22H24F3N3O3/c1-15(29)31-20-14-28(13-16-6-3-2-4-7-16)11-10-19(20)27-21(30)26-18-9-5-8-17(12-18)22(23,24)25/h2-9,12,19-20H,10-11,13-14H2,1H3,(H2,26,27,30)/t19-,20-/m0/s1.